The molecule has 3 heteroatoms. The third-order valence-corrected chi connectivity index (χ3v) is 3.40. The van der Waals surface area contributed by atoms with Gasteiger partial charge in [0.25, 0.3) is 0 Å². The van der Waals surface area contributed by atoms with Gasteiger partial charge in [-0.05, 0) is 43.7 Å². The van der Waals surface area contributed by atoms with Gasteiger partial charge in [-0.2, -0.15) is 0 Å². The lowest BCUT2D eigenvalue weighted by Crippen LogP contribution is -2.33. The van der Waals surface area contributed by atoms with Crippen molar-refractivity contribution in [3.63, 3.8) is 0 Å². The van der Waals surface area contributed by atoms with Crippen molar-refractivity contribution >= 4 is 0 Å². The van der Waals surface area contributed by atoms with Crippen molar-refractivity contribution in [1.29, 1.82) is 0 Å². The smallest absolute Gasteiger partial charge is 0.0541 e. The second-order valence-corrected chi connectivity index (χ2v) is 4.60. The van der Waals surface area contributed by atoms with Crippen LogP contribution in [0, 0.1) is 5.92 Å². The van der Waals surface area contributed by atoms with Crippen LogP contribution in [0.4, 0.5) is 0 Å². The summed E-state index contributed by atoms with van der Waals surface area (Å²) in [6.45, 7) is 1.21. The fraction of sp³-hybridized carbons (Fsp3) is 0.615. The van der Waals surface area contributed by atoms with Crippen molar-refractivity contribution in [2.45, 2.75) is 38.3 Å². The van der Waals surface area contributed by atoms with Crippen LogP contribution in [0.1, 0.15) is 31.4 Å². The summed E-state index contributed by atoms with van der Waals surface area (Å²) in [5.41, 5.74) is 1.10. The quantitative estimate of drug-likeness (QED) is 0.812. The third-order valence-electron chi connectivity index (χ3n) is 3.40. The van der Waals surface area contributed by atoms with Gasteiger partial charge in [-0.1, -0.05) is 6.07 Å². The molecular weight excluding hydrogens is 200 g/mol. The molecule has 1 fully saturated rings. The average molecular weight is 220 g/mol. The Bertz CT molecular complexity index is 294. The van der Waals surface area contributed by atoms with E-state index in [1.165, 1.54) is 12.8 Å². The minimum Gasteiger partial charge on any atom is -0.396 e. The minimum atomic E-state index is 0.354. The van der Waals surface area contributed by atoms with Crippen molar-refractivity contribution in [1.82, 2.24) is 10.3 Å². The molecule has 0 bridgehead atoms. The highest BCUT2D eigenvalue weighted by atomic mass is 16.3. The van der Waals surface area contributed by atoms with Gasteiger partial charge in [0.15, 0.2) is 0 Å². The molecule has 1 aromatic rings. The van der Waals surface area contributed by atoms with Gasteiger partial charge in [0.1, 0.15) is 0 Å². The van der Waals surface area contributed by atoms with E-state index in [-0.39, 0.29) is 0 Å². The Hall–Kier alpha value is -0.930. The third kappa shape index (κ3) is 3.29. The van der Waals surface area contributed by atoms with Crippen molar-refractivity contribution in [3.8, 4) is 0 Å². The zero-order valence-electron chi connectivity index (χ0n) is 9.60. The molecule has 2 N–H and O–H groups in total. The Labute approximate surface area is 96.9 Å². The molecule has 1 saturated carbocycles. The molecule has 0 atom stereocenters. The zero-order valence-corrected chi connectivity index (χ0v) is 9.60. The fourth-order valence-corrected chi connectivity index (χ4v) is 2.30. The van der Waals surface area contributed by atoms with E-state index < -0.39 is 0 Å². The summed E-state index contributed by atoms with van der Waals surface area (Å²) in [5, 5.41) is 12.6. The van der Waals surface area contributed by atoms with Crippen molar-refractivity contribution in [2.24, 2.45) is 5.92 Å². The minimum absolute atomic E-state index is 0.354. The van der Waals surface area contributed by atoms with Gasteiger partial charge in [-0.15, -0.1) is 0 Å². The lowest BCUT2D eigenvalue weighted by molar-refractivity contribution is 0.175. The Kier molecular flexibility index (Phi) is 4.31. The average Bonchev–Trinajstić information content (AvgIpc) is 2.38. The van der Waals surface area contributed by atoms with Crippen LogP contribution in [0.2, 0.25) is 0 Å². The first kappa shape index (κ1) is 11.6. The molecule has 0 aromatic carbocycles. The van der Waals surface area contributed by atoms with Crippen LogP contribution in [0.3, 0.4) is 0 Å². The van der Waals surface area contributed by atoms with Crippen molar-refractivity contribution in [3.05, 3.63) is 30.1 Å². The molecule has 0 amide bonds. The molecule has 0 spiro atoms. The largest absolute Gasteiger partial charge is 0.396 e. The van der Waals surface area contributed by atoms with E-state index in [0.29, 0.717) is 18.6 Å². The molecule has 2 rings (SSSR count). The van der Waals surface area contributed by atoms with Gasteiger partial charge in [0, 0.05) is 25.4 Å². The van der Waals surface area contributed by atoms with E-state index >= 15 is 0 Å². The number of hydrogen-bond donors (Lipinski definition) is 2. The highest BCUT2D eigenvalue weighted by Crippen LogP contribution is 2.23. The van der Waals surface area contributed by atoms with Crippen LogP contribution in [0.25, 0.3) is 0 Å². The van der Waals surface area contributed by atoms with E-state index in [9.17, 15) is 0 Å². The molecule has 0 radical (unpaired) electrons. The van der Waals surface area contributed by atoms with E-state index in [0.717, 1.165) is 25.1 Å². The molecule has 1 aliphatic carbocycles. The number of pyridine rings is 1. The summed E-state index contributed by atoms with van der Waals surface area (Å²) in [4.78, 5) is 4.29. The maximum atomic E-state index is 9.05. The summed E-state index contributed by atoms with van der Waals surface area (Å²) in [6.07, 6.45) is 6.49. The van der Waals surface area contributed by atoms with E-state index in [4.69, 9.17) is 5.11 Å². The van der Waals surface area contributed by atoms with Gasteiger partial charge >= 0.3 is 0 Å². The van der Waals surface area contributed by atoms with Gasteiger partial charge in [-0.25, -0.2) is 0 Å². The predicted octanol–water partition coefficient (Wildman–Crippen LogP) is 1.72. The number of nitrogens with zero attached hydrogens (tertiary/aromatic N) is 1. The summed E-state index contributed by atoms with van der Waals surface area (Å²) >= 11 is 0. The monoisotopic (exact) mass is 220 g/mol. The molecule has 3 nitrogen and oxygen atoms in total. The van der Waals surface area contributed by atoms with Crippen LogP contribution in [0.5, 0.6) is 0 Å². The van der Waals surface area contributed by atoms with E-state index in [1.807, 2.05) is 24.4 Å². The molecule has 88 valence electrons. The highest BCUT2D eigenvalue weighted by Gasteiger charge is 2.19. The lowest BCUT2D eigenvalue weighted by atomic mass is 9.86. The number of aliphatic hydroxyl groups is 1. The summed E-state index contributed by atoms with van der Waals surface area (Å²) in [7, 11) is 0. The molecule has 16 heavy (non-hydrogen) atoms. The molecular formula is C13H20N2O. The van der Waals surface area contributed by atoms with Gasteiger partial charge in [0.05, 0.1) is 5.69 Å². The molecule has 0 saturated heterocycles. The Morgan fingerprint density at radius 2 is 2.06 bits per heavy atom. The molecule has 0 unspecified atom stereocenters. The summed E-state index contributed by atoms with van der Waals surface area (Å²) in [5.74, 6) is 0.535. The molecule has 1 aromatic heterocycles. The number of hydrogen-bond acceptors (Lipinski definition) is 3. The second kappa shape index (κ2) is 5.97. The number of rotatable bonds is 4. The molecule has 1 aliphatic rings. The fourth-order valence-electron chi connectivity index (χ4n) is 2.30. The van der Waals surface area contributed by atoms with E-state index in [2.05, 4.69) is 10.3 Å². The normalized spacial score (nSPS) is 25.6. The Morgan fingerprint density at radius 1 is 1.25 bits per heavy atom. The zero-order chi connectivity index (χ0) is 11.2. The summed E-state index contributed by atoms with van der Waals surface area (Å²) in [6, 6.07) is 6.61. The maximum absolute atomic E-state index is 9.05. The van der Waals surface area contributed by atoms with Crippen molar-refractivity contribution < 1.29 is 5.11 Å². The number of aromatic nitrogens is 1. The Morgan fingerprint density at radius 3 is 2.69 bits per heavy atom. The van der Waals surface area contributed by atoms with Crippen LogP contribution in [-0.4, -0.2) is 22.7 Å². The lowest BCUT2D eigenvalue weighted by Gasteiger charge is -2.27. The Balaban J connectivity index is 1.72. The second-order valence-electron chi connectivity index (χ2n) is 4.60. The topological polar surface area (TPSA) is 45.1 Å². The van der Waals surface area contributed by atoms with Crippen LogP contribution in [-0.2, 0) is 6.54 Å². The van der Waals surface area contributed by atoms with Crippen LogP contribution >= 0.6 is 0 Å². The van der Waals surface area contributed by atoms with E-state index in [1.54, 1.807) is 0 Å². The standard InChI is InChI=1S/C13H20N2O/c16-10-11-4-6-12(7-5-11)15-9-13-3-1-2-8-14-13/h1-3,8,11-12,15-16H,4-7,9-10H2. The highest BCUT2D eigenvalue weighted by molar-refractivity contribution is 5.03. The first-order valence-electron chi connectivity index (χ1n) is 6.12. The SMILES string of the molecule is OCC1CCC(NCc2ccccn2)CC1. The van der Waals surface area contributed by atoms with Crippen LogP contribution in [0.15, 0.2) is 24.4 Å². The first-order chi connectivity index (χ1) is 7.88. The van der Waals surface area contributed by atoms with Gasteiger partial charge < -0.3 is 10.4 Å². The molecule has 0 aliphatic heterocycles. The number of nitrogens with one attached hydrogen (secondary N) is 1. The summed E-state index contributed by atoms with van der Waals surface area (Å²) < 4.78 is 0. The molecule has 1 heterocycles. The van der Waals surface area contributed by atoms with Gasteiger partial charge in [0.2, 0.25) is 0 Å². The van der Waals surface area contributed by atoms with Gasteiger partial charge in [-0.3, -0.25) is 4.98 Å². The van der Waals surface area contributed by atoms with Crippen molar-refractivity contribution in [2.75, 3.05) is 6.61 Å². The first-order valence-corrected chi connectivity index (χ1v) is 6.12. The predicted molar refractivity (Wildman–Crippen MR) is 63.9 cm³/mol. The maximum Gasteiger partial charge on any atom is 0.0541 e. The van der Waals surface area contributed by atoms with Crippen LogP contribution < -0.4 is 5.32 Å². The number of aliphatic hydroxyl groups excluding tert-OH is 1.